The van der Waals surface area contributed by atoms with Gasteiger partial charge >= 0.3 is 0 Å². The number of pyridine rings is 1. The van der Waals surface area contributed by atoms with Crippen LogP contribution in [0.4, 0.5) is 0 Å². The van der Waals surface area contributed by atoms with E-state index in [0.29, 0.717) is 12.8 Å². The average molecular weight is 423 g/mol. The Morgan fingerprint density at radius 2 is 1.81 bits per heavy atom. The Hall–Kier alpha value is -2.89. The van der Waals surface area contributed by atoms with Gasteiger partial charge in [-0.2, -0.15) is 5.10 Å². The van der Waals surface area contributed by atoms with Gasteiger partial charge in [-0.1, -0.05) is 26.0 Å². The second-order valence-electron chi connectivity index (χ2n) is 8.78. The number of aryl methyl sites for hydroxylation is 2. The van der Waals surface area contributed by atoms with Crippen LogP contribution in [0, 0.1) is 19.8 Å². The number of fused-ring (bicyclic) bond motifs is 1. The van der Waals surface area contributed by atoms with E-state index in [1.54, 1.807) is 7.11 Å². The molecule has 1 unspecified atom stereocenters. The summed E-state index contributed by atoms with van der Waals surface area (Å²) in [5.41, 5.74) is 5.27. The highest BCUT2D eigenvalue weighted by Gasteiger charge is 2.20. The first-order chi connectivity index (χ1) is 14.7. The third-order valence-electron chi connectivity index (χ3n) is 5.89. The van der Waals surface area contributed by atoms with Crippen LogP contribution in [0.3, 0.4) is 0 Å². The minimum atomic E-state index is -0.0366. The van der Waals surface area contributed by atoms with Gasteiger partial charge in [-0.15, -0.1) is 0 Å². The predicted molar refractivity (Wildman–Crippen MR) is 124 cm³/mol. The highest BCUT2D eigenvalue weighted by molar-refractivity contribution is 5.81. The normalized spacial score (nSPS) is 12.5. The summed E-state index contributed by atoms with van der Waals surface area (Å²) in [5.74, 6) is 1.14. The van der Waals surface area contributed by atoms with E-state index in [4.69, 9.17) is 9.72 Å². The topological polar surface area (TPSA) is 69.0 Å². The van der Waals surface area contributed by atoms with Crippen molar-refractivity contribution >= 4 is 16.9 Å². The number of aromatic nitrogens is 3. The fraction of sp³-hybridized carbons (Fsp3) is 0.480. The number of benzene rings is 1. The minimum Gasteiger partial charge on any atom is -0.497 e. The number of hydrogen-bond donors (Lipinski definition) is 1. The molecule has 0 saturated heterocycles. The Morgan fingerprint density at radius 3 is 2.39 bits per heavy atom. The zero-order valence-corrected chi connectivity index (χ0v) is 19.7. The molecule has 0 aliphatic carbocycles. The lowest BCUT2D eigenvalue weighted by Gasteiger charge is -2.23. The fourth-order valence-corrected chi connectivity index (χ4v) is 4.07. The summed E-state index contributed by atoms with van der Waals surface area (Å²) in [6.07, 6.45) is 2.97. The van der Waals surface area contributed by atoms with Crippen molar-refractivity contribution in [3.63, 3.8) is 0 Å². The van der Waals surface area contributed by atoms with E-state index >= 15 is 0 Å². The largest absolute Gasteiger partial charge is 0.497 e. The van der Waals surface area contributed by atoms with Gasteiger partial charge in [-0.25, -0.2) is 9.67 Å². The Bertz CT molecular complexity index is 1050. The summed E-state index contributed by atoms with van der Waals surface area (Å²) >= 11 is 0. The zero-order valence-electron chi connectivity index (χ0n) is 19.7. The maximum absolute atomic E-state index is 12.8. The monoisotopic (exact) mass is 422 g/mol. The molecule has 0 aliphatic rings. The fourth-order valence-electron chi connectivity index (χ4n) is 4.07. The van der Waals surface area contributed by atoms with Crippen LogP contribution < -0.4 is 10.1 Å². The van der Waals surface area contributed by atoms with Gasteiger partial charge in [0.2, 0.25) is 5.91 Å². The number of methoxy groups -OCH3 is 1. The molecule has 1 aromatic carbocycles. The van der Waals surface area contributed by atoms with Gasteiger partial charge < -0.3 is 10.1 Å². The molecule has 1 amide bonds. The lowest BCUT2D eigenvalue weighted by atomic mass is 9.95. The predicted octanol–water partition coefficient (Wildman–Crippen LogP) is 5.08. The summed E-state index contributed by atoms with van der Waals surface area (Å²) < 4.78 is 7.20. The van der Waals surface area contributed by atoms with Crippen molar-refractivity contribution in [3.8, 4) is 5.75 Å². The molecule has 31 heavy (non-hydrogen) atoms. The van der Waals surface area contributed by atoms with Gasteiger partial charge in [-0.3, -0.25) is 4.79 Å². The summed E-state index contributed by atoms with van der Waals surface area (Å²) in [7, 11) is 1.65. The van der Waals surface area contributed by atoms with Crippen molar-refractivity contribution in [1.82, 2.24) is 20.1 Å². The third kappa shape index (κ3) is 4.89. The number of amides is 1. The Morgan fingerprint density at radius 1 is 1.13 bits per heavy atom. The maximum Gasteiger partial charge on any atom is 0.220 e. The smallest absolute Gasteiger partial charge is 0.220 e. The number of ether oxygens (including phenoxy) is 1. The van der Waals surface area contributed by atoms with Crippen LogP contribution in [-0.2, 0) is 11.2 Å². The van der Waals surface area contributed by atoms with Crippen LogP contribution >= 0.6 is 0 Å². The Labute approximate surface area is 185 Å². The van der Waals surface area contributed by atoms with Crippen molar-refractivity contribution in [2.75, 3.05) is 7.11 Å². The van der Waals surface area contributed by atoms with Crippen molar-refractivity contribution in [2.24, 2.45) is 5.92 Å². The average Bonchev–Trinajstić information content (AvgIpc) is 3.16. The van der Waals surface area contributed by atoms with Crippen LogP contribution in [0.5, 0.6) is 5.75 Å². The van der Waals surface area contributed by atoms with Gasteiger partial charge in [0.15, 0.2) is 5.65 Å². The molecule has 2 aromatic heterocycles. The molecule has 166 valence electrons. The van der Waals surface area contributed by atoms with E-state index in [1.807, 2.05) is 42.1 Å². The molecule has 3 aromatic rings. The third-order valence-corrected chi connectivity index (χ3v) is 5.89. The lowest BCUT2D eigenvalue weighted by Crippen LogP contribution is -2.32. The summed E-state index contributed by atoms with van der Waals surface area (Å²) in [6.45, 7) is 12.6. The number of carbonyl (C=O) groups excluding carboxylic acids is 1. The van der Waals surface area contributed by atoms with Crippen molar-refractivity contribution in [3.05, 3.63) is 52.8 Å². The van der Waals surface area contributed by atoms with E-state index in [1.165, 1.54) is 0 Å². The summed E-state index contributed by atoms with van der Waals surface area (Å²) in [5, 5.41) is 8.79. The second-order valence-corrected chi connectivity index (χ2v) is 8.78. The Kier molecular flexibility index (Phi) is 6.98. The van der Waals surface area contributed by atoms with E-state index in [0.717, 1.165) is 39.2 Å². The van der Waals surface area contributed by atoms with E-state index in [-0.39, 0.29) is 23.9 Å². The molecular formula is C25H34N4O2. The summed E-state index contributed by atoms with van der Waals surface area (Å²) in [4.78, 5) is 17.6. The molecule has 0 bridgehead atoms. The quantitative estimate of drug-likeness (QED) is 0.549. The van der Waals surface area contributed by atoms with Gasteiger partial charge in [0.1, 0.15) is 5.75 Å². The van der Waals surface area contributed by atoms with Crippen molar-refractivity contribution < 1.29 is 9.53 Å². The highest BCUT2D eigenvalue weighted by Crippen LogP contribution is 2.26. The number of nitrogens with one attached hydrogen (secondary N) is 1. The first-order valence-electron chi connectivity index (χ1n) is 11.0. The van der Waals surface area contributed by atoms with Crippen LogP contribution in [0.2, 0.25) is 0 Å². The molecule has 1 atom stereocenters. The second kappa shape index (κ2) is 9.50. The van der Waals surface area contributed by atoms with E-state index in [2.05, 4.69) is 45.0 Å². The minimum absolute atomic E-state index is 0.0366. The molecule has 6 heteroatoms. The summed E-state index contributed by atoms with van der Waals surface area (Å²) in [6, 6.07) is 8.12. The first-order valence-corrected chi connectivity index (χ1v) is 11.0. The van der Waals surface area contributed by atoms with Crippen LogP contribution in [0.15, 0.2) is 30.5 Å². The van der Waals surface area contributed by atoms with Gasteiger partial charge in [-0.05, 0) is 68.9 Å². The van der Waals surface area contributed by atoms with Crippen LogP contribution in [0.25, 0.3) is 11.0 Å². The van der Waals surface area contributed by atoms with E-state index in [9.17, 15) is 4.79 Å². The van der Waals surface area contributed by atoms with Crippen LogP contribution in [0.1, 0.15) is 68.6 Å². The lowest BCUT2D eigenvalue weighted by molar-refractivity contribution is -0.122. The van der Waals surface area contributed by atoms with Crippen molar-refractivity contribution in [2.45, 2.75) is 66.5 Å². The molecule has 1 N–H and O–H groups in total. The molecule has 0 spiro atoms. The van der Waals surface area contributed by atoms with E-state index < -0.39 is 0 Å². The Balaban J connectivity index is 1.74. The van der Waals surface area contributed by atoms with Crippen LogP contribution in [-0.4, -0.2) is 27.8 Å². The first kappa shape index (κ1) is 22.8. The maximum atomic E-state index is 12.8. The van der Waals surface area contributed by atoms with Gasteiger partial charge in [0.05, 0.1) is 19.3 Å². The molecule has 3 rings (SSSR count). The molecular weight excluding hydrogens is 388 g/mol. The number of carbonyl (C=O) groups is 1. The zero-order chi connectivity index (χ0) is 22.7. The SMILES string of the molecule is COc1ccc(C(NC(=O)CCc2c(C)nc3c(cnn3C(C)C)c2C)C(C)C)cc1. The molecule has 0 saturated carbocycles. The number of nitrogens with zero attached hydrogens (tertiary/aromatic N) is 3. The molecule has 2 heterocycles. The number of rotatable bonds is 8. The standard InChI is InChI=1S/C25H34N4O2/c1-15(2)24(19-8-10-20(31-7)11-9-19)28-23(30)13-12-21-17(5)22-14-26-29(16(3)4)25(22)27-18(21)6/h8-11,14-16,24H,12-13H2,1-7H3,(H,28,30). The highest BCUT2D eigenvalue weighted by atomic mass is 16.5. The van der Waals surface area contributed by atoms with Gasteiger partial charge in [0, 0.05) is 23.5 Å². The van der Waals surface area contributed by atoms with Gasteiger partial charge in [0.25, 0.3) is 0 Å². The van der Waals surface area contributed by atoms with Crippen molar-refractivity contribution in [1.29, 1.82) is 0 Å². The molecule has 0 radical (unpaired) electrons. The number of hydrogen-bond acceptors (Lipinski definition) is 4. The molecule has 0 fully saturated rings. The molecule has 6 nitrogen and oxygen atoms in total. The molecule has 0 aliphatic heterocycles.